The Morgan fingerprint density at radius 2 is 2.15 bits per heavy atom. The average molecular weight is 295 g/mol. The summed E-state index contributed by atoms with van der Waals surface area (Å²) in [6.45, 7) is 10.3. The van der Waals surface area contributed by atoms with Crippen molar-refractivity contribution in [1.29, 1.82) is 0 Å². The molecule has 0 amide bonds. The van der Waals surface area contributed by atoms with Crippen LogP contribution in [0.15, 0.2) is 11.1 Å². The lowest BCUT2D eigenvalue weighted by Crippen LogP contribution is -2.46. The molecule has 1 N–H and O–H groups in total. The Morgan fingerprint density at radius 3 is 2.75 bits per heavy atom. The molecule has 1 aromatic heterocycles. The van der Waals surface area contributed by atoms with Gasteiger partial charge in [-0.15, -0.1) is 11.8 Å². The number of aromatic nitrogens is 2. The van der Waals surface area contributed by atoms with E-state index in [9.17, 15) is 0 Å². The lowest BCUT2D eigenvalue weighted by Gasteiger charge is -2.39. The highest BCUT2D eigenvalue weighted by atomic mass is 32.2. The molecule has 1 saturated carbocycles. The molecule has 0 bridgehead atoms. The molecule has 0 radical (unpaired) electrons. The SMILES string of the molecule is CCCNC1CC(C)CC(C)C1Sc1cc(C)nn1C. The number of hydrogen-bond donors (Lipinski definition) is 1. The van der Waals surface area contributed by atoms with Crippen LogP contribution in [0.5, 0.6) is 0 Å². The van der Waals surface area contributed by atoms with Gasteiger partial charge < -0.3 is 5.32 Å². The van der Waals surface area contributed by atoms with Crippen LogP contribution in [0.3, 0.4) is 0 Å². The quantitative estimate of drug-likeness (QED) is 0.899. The Labute approximate surface area is 127 Å². The number of nitrogens with zero attached hydrogens (tertiary/aromatic N) is 2. The van der Waals surface area contributed by atoms with E-state index in [1.54, 1.807) is 0 Å². The van der Waals surface area contributed by atoms with Crippen LogP contribution in [0.2, 0.25) is 0 Å². The van der Waals surface area contributed by atoms with Gasteiger partial charge in [-0.1, -0.05) is 20.8 Å². The van der Waals surface area contributed by atoms with Crippen molar-refractivity contribution in [2.75, 3.05) is 6.54 Å². The van der Waals surface area contributed by atoms with Crippen LogP contribution in [0.4, 0.5) is 0 Å². The maximum atomic E-state index is 4.48. The molecule has 4 atom stereocenters. The monoisotopic (exact) mass is 295 g/mol. The third kappa shape index (κ3) is 3.79. The molecular weight excluding hydrogens is 266 g/mol. The predicted octanol–water partition coefficient (Wildman–Crippen LogP) is 3.62. The fourth-order valence-electron chi connectivity index (χ4n) is 3.39. The van der Waals surface area contributed by atoms with Gasteiger partial charge in [-0.05, 0) is 50.6 Å². The molecule has 4 unspecified atom stereocenters. The maximum Gasteiger partial charge on any atom is 0.0942 e. The Hall–Kier alpha value is -0.480. The van der Waals surface area contributed by atoms with Crippen LogP contribution >= 0.6 is 11.8 Å². The van der Waals surface area contributed by atoms with Gasteiger partial charge in [0.1, 0.15) is 0 Å². The van der Waals surface area contributed by atoms with E-state index < -0.39 is 0 Å². The highest BCUT2D eigenvalue weighted by Crippen LogP contribution is 2.39. The summed E-state index contributed by atoms with van der Waals surface area (Å²) in [5, 5.41) is 10.2. The highest BCUT2D eigenvalue weighted by Gasteiger charge is 2.34. The topological polar surface area (TPSA) is 29.9 Å². The molecule has 2 rings (SSSR count). The third-order valence-corrected chi connectivity index (χ3v) is 5.95. The van der Waals surface area contributed by atoms with Gasteiger partial charge in [0.25, 0.3) is 0 Å². The van der Waals surface area contributed by atoms with Crippen LogP contribution < -0.4 is 5.32 Å². The second kappa shape index (κ2) is 6.99. The zero-order valence-corrected chi connectivity index (χ0v) is 14.3. The first-order valence-electron chi connectivity index (χ1n) is 7.92. The van der Waals surface area contributed by atoms with Crippen molar-refractivity contribution in [3.05, 3.63) is 11.8 Å². The molecule has 4 heteroatoms. The summed E-state index contributed by atoms with van der Waals surface area (Å²) < 4.78 is 2.03. The van der Waals surface area contributed by atoms with Gasteiger partial charge in [-0.25, -0.2) is 0 Å². The van der Waals surface area contributed by atoms with Crippen molar-refractivity contribution < 1.29 is 0 Å². The normalized spacial score (nSPS) is 30.6. The fraction of sp³-hybridized carbons (Fsp3) is 0.812. The van der Waals surface area contributed by atoms with Gasteiger partial charge in [0.05, 0.1) is 10.7 Å². The number of aryl methyl sites for hydroxylation is 2. The summed E-state index contributed by atoms with van der Waals surface area (Å²) in [4.78, 5) is 0. The Bertz CT molecular complexity index is 429. The van der Waals surface area contributed by atoms with Gasteiger partial charge in [0.2, 0.25) is 0 Å². The minimum atomic E-state index is 0.633. The molecular formula is C16H29N3S. The molecule has 0 spiro atoms. The third-order valence-electron chi connectivity index (χ3n) is 4.26. The first kappa shape index (κ1) is 15.9. The number of thioether (sulfide) groups is 1. The van der Waals surface area contributed by atoms with Crippen molar-refractivity contribution in [3.63, 3.8) is 0 Å². The molecule has 0 aliphatic heterocycles. The van der Waals surface area contributed by atoms with Crippen LogP contribution in [0.25, 0.3) is 0 Å². The zero-order valence-electron chi connectivity index (χ0n) is 13.5. The summed E-state index contributed by atoms with van der Waals surface area (Å²) in [6, 6.07) is 2.85. The van der Waals surface area contributed by atoms with Crippen LogP contribution in [-0.2, 0) is 7.05 Å². The van der Waals surface area contributed by atoms with Crippen molar-refractivity contribution in [3.8, 4) is 0 Å². The van der Waals surface area contributed by atoms with E-state index in [1.165, 1.54) is 24.3 Å². The predicted molar refractivity (Wildman–Crippen MR) is 87.2 cm³/mol. The van der Waals surface area contributed by atoms with E-state index in [2.05, 4.69) is 51.2 Å². The minimum Gasteiger partial charge on any atom is -0.313 e. The lowest BCUT2D eigenvalue weighted by molar-refractivity contribution is 0.249. The second-order valence-corrected chi connectivity index (χ2v) is 7.64. The molecule has 1 heterocycles. The fourth-order valence-corrected chi connectivity index (χ4v) is 4.82. The molecule has 1 aliphatic carbocycles. The molecule has 0 saturated heterocycles. The Kier molecular flexibility index (Phi) is 5.56. The highest BCUT2D eigenvalue weighted by molar-refractivity contribution is 8.00. The molecule has 1 aromatic rings. The second-order valence-electron chi connectivity index (χ2n) is 6.44. The standard InChI is InChI=1S/C16H29N3S/c1-6-7-17-14-9-11(2)8-12(3)16(14)20-15-10-13(4)18-19(15)5/h10-12,14,16-17H,6-9H2,1-5H3. The van der Waals surface area contributed by atoms with Crippen molar-refractivity contribution in [2.24, 2.45) is 18.9 Å². The summed E-state index contributed by atoms with van der Waals surface area (Å²) >= 11 is 2.02. The van der Waals surface area contributed by atoms with E-state index >= 15 is 0 Å². The van der Waals surface area contributed by atoms with E-state index in [0.717, 1.165) is 24.1 Å². The van der Waals surface area contributed by atoms with E-state index in [4.69, 9.17) is 0 Å². The number of rotatable bonds is 5. The zero-order chi connectivity index (χ0) is 14.7. The Balaban J connectivity index is 2.10. The molecule has 3 nitrogen and oxygen atoms in total. The van der Waals surface area contributed by atoms with Gasteiger partial charge >= 0.3 is 0 Å². The largest absolute Gasteiger partial charge is 0.313 e. The number of hydrogen-bond acceptors (Lipinski definition) is 3. The van der Waals surface area contributed by atoms with Gasteiger partial charge in [-0.2, -0.15) is 5.10 Å². The Morgan fingerprint density at radius 1 is 1.40 bits per heavy atom. The molecule has 20 heavy (non-hydrogen) atoms. The van der Waals surface area contributed by atoms with Crippen LogP contribution in [0.1, 0.15) is 45.7 Å². The van der Waals surface area contributed by atoms with E-state index in [1.807, 2.05) is 16.4 Å². The first-order valence-corrected chi connectivity index (χ1v) is 8.79. The van der Waals surface area contributed by atoms with Crippen molar-refractivity contribution in [1.82, 2.24) is 15.1 Å². The van der Waals surface area contributed by atoms with Crippen molar-refractivity contribution >= 4 is 11.8 Å². The molecule has 114 valence electrons. The smallest absolute Gasteiger partial charge is 0.0942 e. The summed E-state index contributed by atoms with van der Waals surface area (Å²) in [5.41, 5.74) is 1.12. The van der Waals surface area contributed by atoms with E-state index in [0.29, 0.717) is 11.3 Å². The van der Waals surface area contributed by atoms with Crippen LogP contribution in [-0.4, -0.2) is 27.6 Å². The van der Waals surface area contributed by atoms with Gasteiger partial charge in [0.15, 0.2) is 0 Å². The van der Waals surface area contributed by atoms with E-state index in [-0.39, 0.29) is 0 Å². The average Bonchev–Trinajstić information content (AvgIpc) is 2.69. The van der Waals surface area contributed by atoms with Gasteiger partial charge in [-0.3, -0.25) is 4.68 Å². The number of nitrogens with one attached hydrogen (secondary N) is 1. The lowest BCUT2D eigenvalue weighted by atomic mass is 9.80. The molecule has 1 aliphatic rings. The molecule has 1 fully saturated rings. The maximum absolute atomic E-state index is 4.48. The minimum absolute atomic E-state index is 0.633. The summed E-state index contributed by atoms with van der Waals surface area (Å²) in [7, 11) is 2.06. The van der Waals surface area contributed by atoms with Crippen LogP contribution in [0, 0.1) is 18.8 Å². The molecule has 0 aromatic carbocycles. The summed E-state index contributed by atoms with van der Waals surface area (Å²) in [5.74, 6) is 1.60. The van der Waals surface area contributed by atoms with Crippen molar-refractivity contribution in [2.45, 2.75) is 63.3 Å². The van der Waals surface area contributed by atoms with Gasteiger partial charge in [0, 0.05) is 18.3 Å². The summed E-state index contributed by atoms with van der Waals surface area (Å²) in [6.07, 6.45) is 3.86. The first-order chi connectivity index (χ1) is 9.51.